The van der Waals surface area contributed by atoms with Gasteiger partial charge in [-0.25, -0.2) is 15.0 Å². The second-order valence-corrected chi connectivity index (χ2v) is 4.75. The molecule has 2 N–H and O–H groups in total. The van der Waals surface area contributed by atoms with Crippen molar-refractivity contribution in [2.45, 2.75) is 24.8 Å². The summed E-state index contributed by atoms with van der Waals surface area (Å²) in [7, 11) is 0. The molecule has 0 bridgehead atoms. The highest BCUT2D eigenvalue weighted by Gasteiger charge is 2.02. The first kappa shape index (κ1) is 11.9. The van der Waals surface area contributed by atoms with Crippen LogP contribution in [0, 0.1) is 13.8 Å². The van der Waals surface area contributed by atoms with Gasteiger partial charge in [0.1, 0.15) is 5.82 Å². The van der Waals surface area contributed by atoms with Crippen molar-refractivity contribution in [3.8, 4) is 0 Å². The summed E-state index contributed by atoms with van der Waals surface area (Å²) in [6.45, 7) is 3.95. The molecule has 0 saturated carbocycles. The summed E-state index contributed by atoms with van der Waals surface area (Å²) in [6.07, 6.45) is 1.72. The Hall–Kier alpha value is -1.62. The number of pyridine rings is 1. The Bertz CT molecular complexity index is 507. The summed E-state index contributed by atoms with van der Waals surface area (Å²) in [4.78, 5) is 12.7. The lowest BCUT2D eigenvalue weighted by atomic mass is 10.3. The van der Waals surface area contributed by atoms with Crippen LogP contribution in [0.4, 0.5) is 5.82 Å². The lowest BCUT2D eigenvalue weighted by Crippen LogP contribution is -1.94. The van der Waals surface area contributed by atoms with Crippen LogP contribution in [0.25, 0.3) is 0 Å². The second kappa shape index (κ2) is 5.14. The molecule has 2 rings (SSSR count). The maximum Gasteiger partial charge on any atom is 0.188 e. The molecule has 17 heavy (non-hydrogen) atoms. The van der Waals surface area contributed by atoms with E-state index in [1.54, 1.807) is 18.0 Å². The van der Waals surface area contributed by atoms with E-state index in [-0.39, 0.29) is 0 Å². The number of hydrogen-bond donors (Lipinski definition) is 1. The minimum Gasteiger partial charge on any atom is -0.384 e. The highest BCUT2D eigenvalue weighted by atomic mass is 32.2. The van der Waals surface area contributed by atoms with Crippen molar-refractivity contribution in [3.05, 3.63) is 41.3 Å². The SMILES string of the molecule is Cc1cc(C)nc(SCc2ccnc(N)c2)n1. The van der Waals surface area contributed by atoms with Crippen LogP contribution >= 0.6 is 11.8 Å². The van der Waals surface area contributed by atoms with E-state index in [1.807, 2.05) is 32.0 Å². The summed E-state index contributed by atoms with van der Waals surface area (Å²) < 4.78 is 0. The van der Waals surface area contributed by atoms with Crippen LogP contribution in [-0.4, -0.2) is 15.0 Å². The first-order valence-electron chi connectivity index (χ1n) is 5.29. The highest BCUT2D eigenvalue weighted by Crippen LogP contribution is 2.20. The molecular formula is C12H14N4S. The van der Waals surface area contributed by atoms with Crippen LogP contribution in [0.2, 0.25) is 0 Å². The lowest BCUT2D eigenvalue weighted by Gasteiger charge is -2.03. The van der Waals surface area contributed by atoms with Gasteiger partial charge in [0, 0.05) is 23.3 Å². The van der Waals surface area contributed by atoms with Crippen LogP contribution in [0.15, 0.2) is 29.6 Å². The van der Waals surface area contributed by atoms with Gasteiger partial charge < -0.3 is 5.73 Å². The number of nitrogen functional groups attached to an aromatic ring is 1. The fourth-order valence-corrected chi connectivity index (χ4v) is 2.38. The third-order valence-corrected chi connectivity index (χ3v) is 3.09. The molecule has 4 nitrogen and oxygen atoms in total. The Morgan fingerprint density at radius 2 is 1.88 bits per heavy atom. The van der Waals surface area contributed by atoms with Gasteiger partial charge in [0.25, 0.3) is 0 Å². The highest BCUT2D eigenvalue weighted by molar-refractivity contribution is 7.98. The van der Waals surface area contributed by atoms with Crippen LogP contribution in [0.5, 0.6) is 0 Å². The van der Waals surface area contributed by atoms with Gasteiger partial charge in [-0.15, -0.1) is 0 Å². The molecule has 0 fully saturated rings. The van der Waals surface area contributed by atoms with Crippen LogP contribution < -0.4 is 5.73 Å². The zero-order valence-corrected chi connectivity index (χ0v) is 10.7. The molecule has 0 aliphatic rings. The minimum atomic E-state index is 0.546. The Labute approximate surface area is 105 Å². The molecule has 0 amide bonds. The molecule has 88 valence electrons. The smallest absolute Gasteiger partial charge is 0.188 e. The van der Waals surface area contributed by atoms with Crippen LogP contribution in [-0.2, 0) is 5.75 Å². The Kier molecular flexibility index (Phi) is 3.58. The van der Waals surface area contributed by atoms with Gasteiger partial charge in [0.2, 0.25) is 0 Å². The third kappa shape index (κ3) is 3.42. The maximum atomic E-state index is 5.62. The molecule has 0 spiro atoms. The Morgan fingerprint density at radius 3 is 2.53 bits per heavy atom. The lowest BCUT2D eigenvalue weighted by molar-refractivity contribution is 0.902. The zero-order valence-electron chi connectivity index (χ0n) is 9.84. The number of aromatic nitrogens is 3. The predicted octanol–water partition coefficient (Wildman–Crippen LogP) is 2.36. The number of anilines is 1. The number of hydrogen-bond acceptors (Lipinski definition) is 5. The van der Waals surface area contributed by atoms with Gasteiger partial charge in [0.15, 0.2) is 5.16 Å². The number of nitrogens with two attached hydrogens (primary N) is 1. The van der Waals surface area contributed by atoms with E-state index in [0.29, 0.717) is 5.82 Å². The molecule has 0 saturated heterocycles. The number of aryl methyl sites for hydroxylation is 2. The van der Waals surface area contributed by atoms with Crippen molar-refractivity contribution in [1.82, 2.24) is 15.0 Å². The van der Waals surface area contributed by atoms with Gasteiger partial charge in [0.05, 0.1) is 0 Å². The molecule has 2 aromatic heterocycles. The summed E-state index contributed by atoms with van der Waals surface area (Å²) in [6, 6.07) is 5.79. The largest absolute Gasteiger partial charge is 0.384 e. The van der Waals surface area contributed by atoms with Crippen molar-refractivity contribution < 1.29 is 0 Å². The standard InChI is InChI=1S/C12H14N4S/c1-8-5-9(2)16-12(15-8)17-7-10-3-4-14-11(13)6-10/h3-6H,7H2,1-2H3,(H2,13,14). The average molecular weight is 246 g/mol. The van der Waals surface area contributed by atoms with E-state index in [1.165, 1.54) is 0 Å². The molecule has 0 aliphatic heterocycles. The fraction of sp³-hybridized carbons (Fsp3) is 0.250. The van der Waals surface area contributed by atoms with Crippen molar-refractivity contribution in [2.75, 3.05) is 5.73 Å². The average Bonchev–Trinajstić information content (AvgIpc) is 2.25. The predicted molar refractivity (Wildman–Crippen MR) is 69.7 cm³/mol. The number of rotatable bonds is 3. The summed E-state index contributed by atoms with van der Waals surface area (Å²) >= 11 is 1.60. The first-order chi connectivity index (χ1) is 8.13. The Morgan fingerprint density at radius 1 is 1.18 bits per heavy atom. The van der Waals surface area contributed by atoms with E-state index >= 15 is 0 Å². The molecule has 0 aromatic carbocycles. The van der Waals surface area contributed by atoms with E-state index in [9.17, 15) is 0 Å². The second-order valence-electron chi connectivity index (χ2n) is 3.81. The van der Waals surface area contributed by atoms with Gasteiger partial charge in [-0.1, -0.05) is 11.8 Å². The molecule has 0 unspecified atom stereocenters. The van der Waals surface area contributed by atoms with Crippen molar-refractivity contribution in [1.29, 1.82) is 0 Å². The molecule has 5 heteroatoms. The van der Waals surface area contributed by atoms with Gasteiger partial charge in [-0.05, 0) is 37.6 Å². The Balaban J connectivity index is 2.07. The summed E-state index contributed by atoms with van der Waals surface area (Å²) in [5.74, 6) is 1.35. The van der Waals surface area contributed by atoms with E-state index in [2.05, 4.69) is 15.0 Å². The molecule has 2 heterocycles. The van der Waals surface area contributed by atoms with Gasteiger partial charge in [-0.3, -0.25) is 0 Å². The topological polar surface area (TPSA) is 64.7 Å². The zero-order chi connectivity index (χ0) is 12.3. The van der Waals surface area contributed by atoms with Crippen molar-refractivity contribution in [2.24, 2.45) is 0 Å². The van der Waals surface area contributed by atoms with E-state index in [0.717, 1.165) is 27.9 Å². The first-order valence-corrected chi connectivity index (χ1v) is 6.27. The fourth-order valence-electron chi connectivity index (χ4n) is 1.49. The van der Waals surface area contributed by atoms with Gasteiger partial charge >= 0.3 is 0 Å². The molecule has 0 atom stereocenters. The number of thioether (sulfide) groups is 1. The number of nitrogens with zero attached hydrogens (tertiary/aromatic N) is 3. The van der Waals surface area contributed by atoms with Crippen molar-refractivity contribution in [3.63, 3.8) is 0 Å². The molecule has 2 aromatic rings. The maximum absolute atomic E-state index is 5.62. The van der Waals surface area contributed by atoms with Crippen LogP contribution in [0.1, 0.15) is 17.0 Å². The van der Waals surface area contributed by atoms with Gasteiger partial charge in [-0.2, -0.15) is 0 Å². The monoisotopic (exact) mass is 246 g/mol. The quantitative estimate of drug-likeness (QED) is 0.665. The van der Waals surface area contributed by atoms with Crippen molar-refractivity contribution >= 4 is 17.6 Å². The summed E-state index contributed by atoms with van der Waals surface area (Å²) in [5.41, 5.74) is 8.74. The molecule has 0 aliphatic carbocycles. The third-order valence-electron chi connectivity index (χ3n) is 2.18. The van der Waals surface area contributed by atoms with Crippen LogP contribution in [0.3, 0.4) is 0 Å². The normalized spacial score (nSPS) is 10.5. The minimum absolute atomic E-state index is 0.546. The molecule has 0 radical (unpaired) electrons. The summed E-state index contributed by atoms with van der Waals surface area (Å²) in [5, 5.41) is 0.804. The molecular weight excluding hydrogens is 232 g/mol. The van der Waals surface area contributed by atoms with E-state index in [4.69, 9.17) is 5.73 Å². The van der Waals surface area contributed by atoms with E-state index < -0.39 is 0 Å².